The number of rotatable bonds is 8. The zero-order valence-corrected chi connectivity index (χ0v) is 13.5. The number of benzene rings is 1. The quantitative estimate of drug-likeness (QED) is 0.636. The summed E-state index contributed by atoms with van der Waals surface area (Å²) in [7, 11) is 2.06. The predicted octanol–water partition coefficient (Wildman–Crippen LogP) is 5.38. The number of nitrogens with one attached hydrogen (secondary N) is 1. The highest BCUT2D eigenvalue weighted by Gasteiger charge is 2.12. The van der Waals surface area contributed by atoms with Crippen LogP contribution in [0.15, 0.2) is 22.7 Å². The van der Waals surface area contributed by atoms with Gasteiger partial charge in [-0.1, -0.05) is 73.2 Å². The van der Waals surface area contributed by atoms with Crippen LogP contribution in [-0.2, 0) is 0 Å². The molecule has 1 N–H and O–H groups in total. The minimum atomic E-state index is 0.473. The van der Waals surface area contributed by atoms with Crippen molar-refractivity contribution >= 4 is 15.9 Å². The lowest BCUT2D eigenvalue weighted by Gasteiger charge is -2.19. The highest BCUT2D eigenvalue weighted by atomic mass is 79.9. The number of halogens is 1. The van der Waals surface area contributed by atoms with Gasteiger partial charge in [0, 0.05) is 10.5 Å². The zero-order chi connectivity index (χ0) is 13.4. The highest BCUT2D eigenvalue weighted by Crippen LogP contribution is 2.29. The first kappa shape index (κ1) is 15.7. The van der Waals surface area contributed by atoms with Gasteiger partial charge in [0.1, 0.15) is 0 Å². The van der Waals surface area contributed by atoms with Crippen molar-refractivity contribution in [3.8, 4) is 0 Å². The number of aryl methyl sites for hydroxylation is 1. The van der Waals surface area contributed by atoms with Crippen molar-refractivity contribution in [2.24, 2.45) is 0 Å². The van der Waals surface area contributed by atoms with Gasteiger partial charge in [-0.25, -0.2) is 0 Å². The first-order chi connectivity index (χ1) is 8.70. The van der Waals surface area contributed by atoms with Gasteiger partial charge < -0.3 is 5.32 Å². The molecule has 1 atom stereocenters. The minimum Gasteiger partial charge on any atom is -0.313 e. The maximum absolute atomic E-state index is 3.72. The molecule has 1 rings (SSSR count). The molecule has 0 aliphatic rings. The molecule has 1 aromatic rings. The average molecular weight is 312 g/mol. The maximum Gasteiger partial charge on any atom is 0.0328 e. The third-order valence-electron chi connectivity index (χ3n) is 3.54. The van der Waals surface area contributed by atoms with Gasteiger partial charge in [0.2, 0.25) is 0 Å². The molecule has 0 fully saturated rings. The smallest absolute Gasteiger partial charge is 0.0328 e. The molecule has 2 heteroatoms. The van der Waals surface area contributed by atoms with Crippen molar-refractivity contribution in [3.05, 3.63) is 33.8 Å². The lowest BCUT2D eigenvalue weighted by molar-refractivity contribution is 0.499. The predicted molar refractivity (Wildman–Crippen MR) is 84.1 cm³/mol. The molecule has 0 aliphatic carbocycles. The molecule has 0 spiro atoms. The summed E-state index contributed by atoms with van der Waals surface area (Å²) in [5.41, 5.74) is 2.71. The molecule has 102 valence electrons. The maximum atomic E-state index is 3.72. The average Bonchev–Trinajstić information content (AvgIpc) is 2.38. The van der Waals surface area contributed by atoms with Crippen LogP contribution in [0.4, 0.5) is 0 Å². The molecule has 1 aromatic carbocycles. The van der Waals surface area contributed by atoms with E-state index in [0.717, 1.165) is 0 Å². The van der Waals surface area contributed by atoms with Gasteiger partial charge in [0.05, 0.1) is 0 Å². The van der Waals surface area contributed by atoms with Crippen LogP contribution in [0.1, 0.15) is 62.6 Å². The summed E-state index contributed by atoms with van der Waals surface area (Å²) in [4.78, 5) is 0. The Hall–Kier alpha value is -0.340. The van der Waals surface area contributed by atoms with Crippen LogP contribution in [0, 0.1) is 6.92 Å². The second-order valence-corrected chi connectivity index (χ2v) is 5.82. The Morgan fingerprint density at radius 3 is 2.56 bits per heavy atom. The summed E-state index contributed by atoms with van der Waals surface area (Å²) in [6.07, 6.45) is 7.96. The lowest BCUT2D eigenvalue weighted by Crippen LogP contribution is -2.17. The monoisotopic (exact) mass is 311 g/mol. The Bertz CT molecular complexity index is 349. The Kier molecular flexibility index (Phi) is 7.60. The van der Waals surface area contributed by atoms with Crippen LogP contribution in [0.2, 0.25) is 0 Å². The van der Waals surface area contributed by atoms with Gasteiger partial charge in [-0.15, -0.1) is 0 Å². The third kappa shape index (κ3) is 4.74. The van der Waals surface area contributed by atoms with Crippen molar-refractivity contribution in [1.82, 2.24) is 5.32 Å². The Morgan fingerprint density at radius 1 is 1.17 bits per heavy atom. The Balaban J connectivity index is 2.52. The van der Waals surface area contributed by atoms with E-state index in [0.29, 0.717) is 6.04 Å². The van der Waals surface area contributed by atoms with Crippen LogP contribution >= 0.6 is 15.9 Å². The molecule has 0 aromatic heterocycles. The van der Waals surface area contributed by atoms with Crippen molar-refractivity contribution in [1.29, 1.82) is 0 Å². The van der Waals surface area contributed by atoms with Crippen LogP contribution in [0.3, 0.4) is 0 Å². The summed E-state index contributed by atoms with van der Waals surface area (Å²) in [5, 5.41) is 3.45. The van der Waals surface area contributed by atoms with E-state index in [-0.39, 0.29) is 0 Å². The van der Waals surface area contributed by atoms with E-state index in [4.69, 9.17) is 0 Å². The van der Waals surface area contributed by atoms with Gasteiger partial charge >= 0.3 is 0 Å². The first-order valence-electron chi connectivity index (χ1n) is 7.13. The Morgan fingerprint density at radius 2 is 1.89 bits per heavy atom. The van der Waals surface area contributed by atoms with E-state index in [2.05, 4.69) is 60.3 Å². The van der Waals surface area contributed by atoms with Crippen molar-refractivity contribution in [2.45, 2.75) is 58.4 Å². The zero-order valence-electron chi connectivity index (χ0n) is 11.9. The number of unbranched alkanes of at least 4 members (excludes halogenated alkanes) is 4. The van der Waals surface area contributed by atoms with E-state index in [1.165, 1.54) is 54.1 Å². The molecule has 0 amide bonds. The first-order valence-corrected chi connectivity index (χ1v) is 7.92. The molecular formula is C16H26BrN. The molecule has 0 saturated heterocycles. The van der Waals surface area contributed by atoms with Gasteiger partial charge in [-0.3, -0.25) is 0 Å². The summed E-state index contributed by atoms with van der Waals surface area (Å²) < 4.78 is 1.26. The fourth-order valence-corrected chi connectivity index (χ4v) is 2.89. The fraction of sp³-hybridized carbons (Fsp3) is 0.625. The van der Waals surface area contributed by atoms with Crippen LogP contribution in [-0.4, -0.2) is 7.05 Å². The normalized spacial score (nSPS) is 12.7. The third-order valence-corrected chi connectivity index (χ3v) is 4.63. The Labute approximate surface area is 120 Å². The molecule has 0 bridgehead atoms. The fourth-order valence-electron chi connectivity index (χ4n) is 2.35. The molecule has 0 aliphatic heterocycles. The van der Waals surface area contributed by atoms with Crippen molar-refractivity contribution < 1.29 is 0 Å². The molecule has 1 nitrogen and oxygen atoms in total. The molecule has 1 unspecified atom stereocenters. The van der Waals surface area contributed by atoms with E-state index in [1.54, 1.807) is 0 Å². The van der Waals surface area contributed by atoms with Crippen LogP contribution in [0.25, 0.3) is 0 Å². The molecule has 18 heavy (non-hydrogen) atoms. The van der Waals surface area contributed by atoms with Gasteiger partial charge in [-0.05, 0) is 31.5 Å². The van der Waals surface area contributed by atoms with Crippen molar-refractivity contribution in [3.63, 3.8) is 0 Å². The van der Waals surface area contributed by atoms with Gasteiger partial charge in [0.25, 0.3) is 0 Å². The largest absolute Gasteiger partial charge is 0.313 e. The van der Waals surface area contributed by atoms with Gasteiger partial charge in [-0.2, -0.15) is 0 Å². The molecule has 0 saturated carbocycles. The van der Waals surface area contributed by atoms with Crippen molar-refractivity contribution in [2.75, 3.05) is 7.05 Å². The summed E-state index contributed by atoms with van der Waals surface area (Å²) in [6, 6.07) is 7.00. The van der Waals surface area contributed by atoms with Crippen LogP contribution < -0.4 is 5.32 Å². The number of hydrogen-bond donors (Lipinski definition) is 1. The molecule has 0 radical (unpaired) electrons. The van der Waals surface area contributed by atoms with Gasteiger partial charge in [0.15, 0.2) is 0 Å². The molecule has 0 heterocycles. The standard InChI is InChI=1S/C16H26BrN/c1-4-5-6-7-8-12-15(18-3)14-11-9-10-13(2)16(14)17/h9-11,15,18H,4-8,12H2,1-3H3. The summed E-state index contributed by atoms with van der Waals surface area (Å²) >= 11 is 3.72. The second-order valence-electron chi connectivity index (χ2n) is 5.02. The SMILES string of the molecule is CCCCCCCC(NC)c1cccc(C)c1Br. The minimum absolute atomic E-state index is 0.473. The summed E-state index contributed by atoms with van der Waals surface area (Å²) in [6.45, 7) is 4.42. The highest BCUT2D eigenvalue weighted by molar-refractivity contribution is 9.10. The topological polar surface area (TPSA) is 12.0 Å². The second kappa shape index (κ2) is 8.71. The van der Waals surface area contributed by atoms with E-state index in [1.807, 2.05) is 0 Å². The number of hydrogen-bond acceptors (Lipinski definition) is 1. The van der Waals surface area contributed by atoms with E-state index in [9.17, 15) is 0 Å². The summed E-state index contributed by atoms with van der Waals surface area (Å²) in [5.74, 6) is 0. The lowest BCUT2D eigenvalue weighted by atomic mass is 9.98. The van der Waals surface area contributed by atoms with E-state index >= 15 is 0 Å². The van der Waals surface area contributed by atoms with Crippen LogP contribution in [0.5, 0.6) is 0 Å². The van der Waals surface area contributed by atoms with E-state index < -0.39 is 0 Å². The molecular weight excluding hydrogens is 286 g/mol.